The molecule has 0 bridgehead atoms. The molecule has 0 N–H and O–H groups in total. The van der Waals surface area contributed by atoms with Gasteiger partial charge in [-0.1, -0.05) is 54.2 Å². The molecule has 1 aliphatic heterocycles. The van der Waals surface area contributed by atoms with Gasteiger partial charge in [-0.25, -0.2) is 0 Å². The predicted molar refractivity (Wildman–Crippen MR) is 102 cm³/mol. The van der Waals surface area contributed by atoms with Gasteiger partial charge in [0.05, 0.1) is 16.0 Å². The molecular formula is C17H11N3O3S2. The van der Waals surface area contributed by atoms with Gasteiger partial charge in [-0.3, -0.25) is 14.9 Å². The van der Waals surface area contributed by atoms with E-state index in [1.54, 1.807) is 24.4 Å². The van der Waals surface area contributed by atoms with Crippen molar-refractivity contribution in [3.05, 3.63) is 80.7 Å². The van der Waals surface area contributed by atoms with Crippen molar-refractivity contribution in [3.63, 3.8) is 0 Å². The van der Waals surface area contributed by atoms with Gasteiger partial charge in [0.2, 0.25) is 0 Å². The summed E-state index contributed by atoms with van der Waals surface area (Å²) in [7, 11) is 0. The average Bonchev–Trinajstić information content (AvgIpc) is 2.87. The largest absolute Gasteiger partial charge is 0.286 e. The second-order valence-electron chi connectivity index (χ2n) is 5.00. The Bertz CT molecular complexity index is 910. The number of amides is 1. The van der Waals surface area contributed by atoms with Crippen molar-refractivity contribution in [1.82, 2.24) is 5.01 Å². The lowest BCUT2D eigenvalue weighted by atomic mass is 10.2. The van der Waals surface area contributed by atoms with Gasteiger partial charge in [0.15, 0.2) is 4.32 Å². The SMILES string of the molecule is O=C1/C(=C\c2cccc([N+](=O)[O-])c2)SC(=S)N1/N=C/c1ccccc1. The van der Waals surface area contributed by atoms with E-state index in [-0.39, 0.29) is 11.6 Å². The van der Waals surface area contributed by atoms with Crippen molar-refractivity contribution < 1.29 is 9.72 Å². The van der Waals surface area contributed by atoms with Gasteiger partial charge in [0, 0.05) is 12.1 Å². The molecule has 1 amide bonds. The molecular weight excluding hydrogens is 358 g/mol. The maximum Gasteiger partial charge on any atom is 0.286 e. The monoisotopic (exact) mass is 369 g/mol. The molecule has 0 spiro atoms. The molecule has 1 aliphatic rings. The Balaban J connectivity index is 1.82. The van der Waals surface area contributed by atoms with Crippen molar-refractivity contribution in [2.45, 2.75) is 0 Å². The fourth-order valence-corrected chi connectivity index (χ4v) is 3.27. The normalized spacial score (nSPS) is 16.2. The minimum atomic E-state index is -0.479. The number of carbonyl (C=O) groups is 1. The third-order valence-corrected chi connectivity index (χ3v) is 4.56. The molecule has 0 atom stereocenters. The van der Waals surface area contributed by atoms with Crippen molar-refractivity contribution in [2.24, 2.45) is 5.10 Å². The first-order chi connectivity index (χ1) is 12.0. The van der Waals surface area contributed by atoms with E-state index in [2.05, 4.69) is 5.10 Å². The zero-order valence-corrected chi connectivity index (χ0v) is 14.4. The average molecular weight is 369 g/mol. The highest BCUT2D eigenvalue weighted by Gasteiger charge is 2.32. The van der Waals surface area contributed by atoms with Crippen LogP contribution < -0.4 is 0 Å². The Hall–Kier alpha value is -2.84. The Labute approximate surface area is 153 Å². The first-order valence-electron chi connectivity index (χ1n) is 7.16. The number of non-ortho nitro benzene ring substituents is 1. The Morgan fingerprint density at radius 2 is 1.84 bits per heavy atom. The molecule has 0 unspecified atom stereocenters. The fourth-order valence-electron chi connectivity index (χ4n) is 2.10. The lowest BCUT2D eigenvalue weighted by Crippen LogP contribution is -2.22. The lowest BCUT2D eigenvalue weighted by molar-refractivity contribution is -0.384. The highest BCUT2D eigenvalue weighted by molar-refractivity contribution is 8.26. The number of carbonyl (C=O) groups excluding carboxylic acids is 1. The van der Waals surface area contributed by atoms with Gasteiger partial charge in [-0.05, 0) is 29.4 Å². The van der Waals surface area contributed by atoms with Crippen LogP contribution in [0, 0.1) is 10.1 Å². The second-order valence-corrected chi connectivity index (χ2v) is 6.68. The van der Waals surface area contributed by atoms with E-state index < -0.39 is 4.92 Å². The number of hydrogen-bond acceptors (Lipinski definition) is 6. The summed E-state index contributed by atoms with van der Waals surface area (Å²) in [6.45, 7) is 0. The first-order valence-corrected chi connectivity index (χ1v) is 8.38. The number of thiocarbonyl (C=S) groups is 1. The van der Waals surface area contributed by atoms with Crippen LogP contribution in [0.2, 0.25) is 0 Å². The van der Waals surface area contributed by atoms with Gasteiger partial charge < -0.3 is 0 Å². The molecule has 124 valence electrons. The number of nitro groups is 1. The highest BCUT2D eigenvalue weighted by Crippen LogP contribution is 2.33. The maximum absolute atomic E-state index is 12.5. The second kappa shape index (κ2) is 7.37. The molecule has 3 rings (SSSR count). The summed E-state index contributed by atoms with van der Waals surface area (Å²) in [5, 5.41) is 16.1. The van der Waals surface area contributed by atoms with Crippen molar-refractivity contribution in [1.29, 1.82) is 0 Å². The zero-order chi connectivity index (χ0) is 17.8. The molecule has 0 aliphatic carbocycles. The Kier molecular flexibility index (Phi) is 5.01. The van der Waals surface area contributed by atoms with Crippen LogP contribution in [0.25, 0.3) is 6.08 Å². The van der Waals surface area contributed by atoms with Crippen LogP contribution in [-0.4, -0.2) is 26.4 Å². The summed E-state index contributed by atoms with van der Waals surface area (Å²) in [5.74, 6) is -0.353. The van der Waals surface area contributed by atoms with Crippen LogP contribution in [0.15, 0.2) is 64.6 Å². The van der Waals surface area contributed by atoms with E-state index in [9.17, 15) is 14.9 Å². The van der Waals surface area contributed by atoms with Crippen molar-refractivity contribution in [3.8, 4) is 0 Å². The number of nitro benzene ring substituents is 1. The number of thioether (sulfide) groups is 1. The molecule has 2 aromatic carbocycles. The number of nitrogens with zero attached hydrogens (tertiary/aromatic N) is 3. The predicted octanol–water partition coefficient (Wildman–Crippen LogP) is 3.83. The topological polar surface area (TPSA) is 75.8 Å². The molecule has 1 fully saturated rings. The standard InChI is InChI=1S/C17H11N3O3S2/c21-16-15(10-13-7-4-8-14(9-13)20(22)23)25-17(24)19(16)18-11-12-5-2-1-3-6-12/h1-11H/b15-10+,18-11+. The van der Waals surface area contributed by atoms with E-state index in [1.807, 2.05) is 30.3 Å². The first kappa shape index (κ1) is 17.0. The van der Waals surface area contributed by atoms with Crippen LogP contribution >= 0.6 is 24.0 Å². The number of rotatable bonds is 4. The van der Waals surface area contributed by atoms with Crippen LogP contribution in [0.1, 0.15) is 11.1 Å². The molecule has 25 heavy (non-hydrogen) atoms. The third kappa shape index (κ3) is 3.98. The third-order valence-electron chi connectivity index (χ3n) is 3.27. The smallest absolute Gasteiger partial charge is 0.266 e. The summed E-state index contributed by atoms with van der Waals surface area (Å²) in [6.07, 6.45) is 3.13. The summed E-state index contributed by atoms with van der Waals surface area (Å²) >= 11 is 6.31. The molecule has 2 aromatic rings. The van der Waals surface area contributed by atoms with Crippen LogP contribution in [0.5, 0.6) is 0 Å². The Morgan fingerprint density at radius 3 is 2.56 bits per heavy atom. The quantitative estimate of drug-likeness (QED) is 0.269. The highest BCUT2D eigenvalue weighted by atomic mass is 32.2. The van der Waals surface area contributed by atoms with Crippen LogP contribution in [0.3, 0.4) is 0 Å². The van der Waals surface area contributed by atoms with Crippen LogP contribution in [0.4, 0.5) is 5.69 Å². The number of benzene rings is 2. The van der Waals surface area contributed by atoms with Crippen LogP contribution in [-0.2, 0) is 4.79 Å². The van der Waals surface area contributed by atoms with E-state index in [4.69, 9.17) is 12.2 Å². The van der Waals surface area contributed by atoms with E-state index in [1.165, 1.54) is 12.1 Å². The zero-order valence-electron chi connectivity index (χ0n) is 12.7. The summed E-state index contributed by atoms with van der Waals surface area (Å²) in [5.41, 5.74) is 1.37. The van der Waals surface area contributed by atoms with E-state index in [0.29, 0.717) is 14.8 Å². The molecule has 0 radical (unpaired) electrons. The van der Waals surface area contributed by atoms with Crippen molar-refractivity contribution in [2.75, 3.05) is 0 Å². The molecule has 1 saturated heterocycles. The summed E-state index contributed by atoms with van der Waals surface area (Å²) in [6, 6.07) is 15.4. The van der Waals surface area contributed by atoms with Gasteiger partial charge in [-0.2, -0.15) is 10.1 Å². The minimum absolute atomic E-state index is 0.0358. The van der Waals surface area contributed by atoms with Gasteiger partial charge in [-0.15, -0.1) is 0 Å². The summed E-state index contributed by atoms with van der Waals surface area (Å²) < 4.78 is 0.314. The number of hydrogen-bond donors (Lipinski definition) is 0. The van der Waals surface area contributed by atoms with Gasteiger partial charge in [0.25, 0.3) is 11.6 Å². The van der Waals surface area contributed by atoms with E-state index >= 15 is 0 Å². The van der Waals surface area contributed by atoms with Crippen molar-refractivity contribution >= 4 is 52.2 Å². The van der Waals surface area contributed by atoms with Gasteiger partial charge >= 0.3 is 0 Å². The van der Waals surface area contributed by atoms with Gasteiger partial charge in [0.1, 0.15) is 0 Å². The number of hydrazone groups is 1. The summed E-state index contributed by atoms with van der Waals surface area (Å²) in [4.78, 5) is 23.2. The fraction of sp³-hybridized carbons (Fsp3) is 0. The van der Waals surface area contributed by atoms with E-state index in [0.717, 1.165) is 22.3 Å². The molecule has 8 heteroatoms. The molecule has 0 aromatic heterocycles. The molecule has 6 nitrogen and oxygen atoms in total. The minimum Gasteiger partial charge on any atom is -0.266 e. The molecule has 1 heterocycles. The molecule has 0 saturated carbocycles. The Morgan fingerprint density at radius 1 is 1.12 bits per heavy atom. The lowest BCUT2D eigenvalue weighted by Gasteiger charge is -2.05. The maximum atomic E-state index is 12.5.